The van der Waals surface area contributed by atoms with Crippen LogP contribution >= 0.6 is 23.2 Å². The topological polar surface area (TPSA) is 53.1 Å². The van der Waals surface area contributed by atoms with E-state index in [0.29, 0.717) is 22.3 Å². The highest BCUT2D eigenvalue weighted by Crippen LogP contribution is 2.23. The second-order valence-electron chi connectivity index (χ2n) is 5.13. The molecule has 0 aliphatic carbocycles. The van der Waals surface area contributed by atoms with Crippen molar-refractivity contribution in [2.45, 2.75) is 32.4 Å². The maximum Gasteiger partial charge on any atom is 0.130 e. The molecule has 0 aliphatic heterocycles. The molecule has 6 heteroatoms. The largest absolute Gasteiger partial charge is 0.489 e. The van der Waals surface area contributed by atoms with Gasteiger partial charge in [0.15, 0.2) is 0 Å². The number of aromatic nitrogens is 2. The zero-order valence-electron chi connectivity index (χ0n) is 12.3. The van der Waals surface area contributed by atoms with E-state index in [2.05, 4.69) is 5.10 Å². The summed E-state index contributed by atoms with van der Waals surface area (Å²) in [4.78, 5) is 0. The Morgan fingerprint density at radius 3 is 2.67 bits per heavy atom. The van der Waals surface area contributed by atoms with Crippen LogP contribution in [0.25, 0.3) is 0 Å². The van der Waals surface area contributed by atoms with Crippen molar-refractivity contribution in [3.63, 3.8) is 0 Å². The number of ether oxygens (including phenoxy) is 1. The summed E-state index contributed by atoms with van der Waals surface area (Å²) in [7, 11) is 1.82. The standard InChI is InChI=1S/C15H19Cl2N3O/c1-9-13(15(17)20(3)19-9)8-14(18)10(2)21-12-6-4-5-11(16)7-12/h4-7,10,14H,8,18H2,1-3H3. The molecule has 0 saturated carbocycles. The maximum atomic E-state index is 6.23. The fraction of sp³-hybridized carbons (Fsp3) is 0.400. The zero-order valence-corrected chi connectivity index (χ0v) is 13.8. The van der Waals surface area contributed by atoms with Gasteiger partial charge in [-0.15, -0.1) is 0 Å². The number of halogens is 2. The average Bonchev–Trinajstić information content (AvgIpc) is 2.65. The van der Waals surface area contributed by atoms with Crippen LogP contribution in [0.2, 0.25) is 10.2 Å². The average molecular weight is 328 g/mol. The van der Waals surface area contributed by atoms with Crippen molar-refractivity contribution in [1.82, 2.24) is 9.78 Å². The molecular formula is C15H19Cl2N3O. The monoisotopic (exact) mass is 327 g/mol. The van der Waals surface area contributed by atoms with Crippen LogP contribution in [0.1, 0.15) is 18.2 Å². The van der Waals surface area contributed by atoms with E-state index in [1.54, 1.807) is 16.8 Å². The highest BCUT2D eigenvalue weighted by atomic mass is 35.5. The van der Waals surface area contributed by atoms with Crippen LogP contribution in [0.3, 0.4) is 0 Å². The molecule has 2 aromatic rings. The van der Waals surface area contributed by atoms with Gasteiger partial charge in [0.05, 0.1) is 5.69 Å². The lowest BCUT2D eigenvalue weighted by atomic mass is 10.0. The first kappa shape index (κ1) is 16.1. The first-order chi connectivity index (χ1) is 9.88. The van der Waals surface area contributed by atoms with E-state index in [-0.39, 0.29) is 12.1 Å². The molecular weight excluding hydrogens is 309 g/mol. The van der Waals surface area contributed by atoms with E-state index in [1.165, 1.54) is 0 Å². The molecule has 0 radical (unpaired) electrons. The van der Waals surface area contributed by atoms with E-state index in [0.717, 1.165) is 11.3 Å². The fourth-order valence-corrected chi connectivity index (χ4v) is 2.58. The summed E-state index contributed by atoms with van der Waals surface area (Å²) in [5.74, 6) is 0.708. The first-order valence-corrected chi connectivity index (χ1v) is 7.50. The smallest absolute Gasteiger partial charge is 0.130 e. The Hall–Kier alpha value is -1.23. The normalized spacial score (nSPS) is 14.0. The first-order valence-electron chi connectivity index (χ1n) is 6.74. The van der Waals surface area contributed by atoms with Gasteiger partial charge in [-0.3, -0.25) is 4.68 Å². The Morgan fingerprint density at radius 1 is 1.38 bits per heavy atom. The van der Waals surface area contributed by atoms with Crippen LogP contribution in [-0.4, -0.2) is 21.9 Å². The van der Waals surface area contributed by atoms with Gasteiger partial charge < -0.3 is 10.5 Å². The summed E-state index contributed by atoms with van der Waals surface area (Å²) < 4.78 is 7.49. The summed E-state index contributed by atoms with van der Waals surface area (Å²) in [6.45, 7) is 3.86. The lowest BCUT2D eigenvalue weighted by Crippen LogP contribution is -2.38. The highest BCUT2D eigenvalue weighted by Gasteiger charge is 2.20. The third-order valence-corrected chi connectivity index (χ3v) is 4.14. The number of nitrogens with zero attached hydrogens (tertiary/aromatic N) is 2. The molecule has 0 fully saturated rings. The summed E-state index contributed by atoms with van der Waals surface area (Å²) in [6.07, 6.45) is 0.444. The summed E-state index contributed by atoms with van der Waals surface area (Å²) in [5.41, 5.74) is 8.09. The predicted octanol–water partition coefficient (Wildman–Crippen LogP) is 3.37. The van der Waals surface area contributed by atoms with Crippen molar-refractivity contribution in [2.24, 2.45) is 12.8 Å². The molecule has 0 spiro atoms. The number of rotatable bonds is 5. The molecule has 114 valence electrons. The minimum absolute atomic E-state index is 0.167. The van der Waals surface area contributed by atoms with Gasteiger partial charge in [-0.05, 0) is 38.5 Å². The number of hydrogen-bond donors (Lipinski definition) is 1. The second kappa shape index (κ2) is 6.69. The Morgan fingerprint density at radius 2 is 2.10 bits per heavy atom. The fourth-order valence-electron chi connectivity index (χ4n) is 2.15. The van der Waals surface area contributed by atoms with E-state index >= 15 is 0 Å². The van der Waals surface area contributed by atoms with Crippen LogP contribution < -0.4 is 10.5 Å². The molecule has 0 saturated heterocycles. The molecule has 2 unspecified atom stereocenters. The molecule has 2 rings (SSSR count). The van der Waals surface area contributed by atoms with Crippen LogP contribution in [0.4, 0.5) is 0 Å². The molecule has 21 heavy (non-hydrogen) atoms. The van der Waals surface area contributed by atoms with Crippen LogP contribution in [0.5, 0.6) is 5.75 Å². The molecule has 0 aliphatic rings. The van der Waals surface area contributed by atoms with Gasteiger partial charge in [-0.2, -0.15) is 5.10 Å². The molecule has 1 aromatic carbocycles. The molecule has 0 bridgehead atoms. The molecule has 1 heterocycles. The van der Waals surface area contributed by atoms with Gasteiger partial charge in [0, 0.05) is 23.7 Å². The van der Waals surface area contributed by atoms with Gasteiger partial charge in [-0.25, -0.2) is 0 Å². The number of aryl methyl sites for hydroxylation is 2. The Bertz CT molecular complexity index is 627. The van der Waals surface area contributed by atoms with E-state index < -0.39 is 0 Å². The number of benzene rings is 1. The Kier molecular flexibility index (Phi) is 5.14. The maximum absolute atomic E-state index is 6.23. The van der Waals surface area contributed by atoms with Crippen LogP contribution in [-0.2, 0) is 13.5 Å². The Balaban J connectivity index is 2.04. The van der Waals surface area contributed by atoms with Crippen molar-refractivity contribution in [3.05, 3.63) is 45.7 Å². The second-order valence-corrected chi connectivity index (χ2v) is 5.92. The lowest BCUT2D eigenvalue weighted by Gasteiger charge is -2.21. The molecule has 1 aromatic heterocycles. The molecule has 4 nitrogen and oxygen atoms in total. The molecule has 0 amide bonds. The van der Waals surface area contributed by atoms with Gasteiger partial charge in [0.25, 0.3) is 0 Å². The Labute approximate surface area is 134 Å². The van der Waals surface area contributed by atoms with Crippen molar-refractivity contribution in [1.29, 1.82) is 0 Å². The SMILES string of the molecule is Cc1nn(C)c(Cl)c1CC(N)C(C)Oc1cccc(Cl)c1. The summed E-state index contributed by atoms with van der Waals surface area (Å²) >= 11 is 12.2. The summed E-state index contributed by atoms with van der Waals surface area (Å²) in [5, 5.41) is 5.55. The molecule has 2 N–H and O–H groups in total. The van der Waals surface area contributed by atoms with Crippen molar-refractivity contribution in [3.8, 4) is 5.75 Å². The quantitative estimate of drug-likeness (QED) is 0.915. The zero-order chi connectivity index (χ0) is 15.6. The van der Waals surface area contributed by atoms with Crippen LogP contribution in [0, 0.1) is 6.92 Å². The highest BCUT2D eigenvalue weighted by molar-refractivity contribution is 6.30. The minimum Gasteiger partial charge on any atom is -0.489 e. The van der Waals surface area contributed by atoms with Gasteiger partial charge in [0.1, 0.15) is 17.0 Å². The van der Waals surface area contributed by atoms with Crippen molar-refractivity contribution in [2.75, 3.05) is 0 Å². The minimum atomic E-state index is -0.190. The van der Waals surface area contributed by atoms with E-state index in [9.17, 15) is 0 Å². The van der Waals surface area contributed by atoms with Gasteiger partial charge in [-0.1, -0.05) is 29.3 Å². The van der Waals surface area contributed by atoms with Crippen molar-refractivity contribution >= 4 is 23.2 Å². The number of nitrogens with two attached hydrogens (primary N) is 1. The van der Waals surface area contributed by atoms with Crippen LogP contribution in [0.15, 0.2) is 24.3 Å². The third-order valence-electron chi connectivity index (χ3n) is 3.43. The summed E-state index contributed by atoms with van der Waals surface area (Å²) in [6, 6.07) is 7.09. The number of hydrogen-bond acceptors (Lipinski definition) is 3. The third kappa shape index (κ3) is 3.90. The van der Waals surface area contributed by atoms with E-state index in [4.69, 9.17) is 33.7 Å². The van der Waals surface area contributed by atoms with Crippen molar-refractivity contribution < 1.29 is 4.74 Å². The lowest BCUT2D eigenvalue weighted by molar-refractivity contribution is 0.189. The van der Waals surface area contributed by atoms with Gasteiger partial charge in [0.2, 0.25) is 0 Å². The molecule has 2 atom stereocenters. The van der Waals surface area contributed by atoms with Gasteiger partial charge >= 0.3 is 0 Å². The predicted molar refractivity (Wildman–Crippen MR) is 86.2 cm³/mol. The van der Waals surface area contributed by atoms with E-state index in [1.807, 2.05) is 33.0 Å².